The first-order valence-corrected chi connectivity index (χ1v) is 11.6. The molecule has 11 heteroatoms. The standard InChI is InChI=1S/C20H23Cl2N3O5S/c1-5-25(6-2)31(28,29)16-9-14(8-7-12(16)3)20(27)30-11-17(26)24-19-18(22)13(4)15(21)10-23-19/h7-10H,5-6,11H2,1-4H3,(H,23,24,26). The van der Waals surface area contributed by atoms with Crippen LogP contribution in [0.5, 0.6) is 0 Å². The Balaban J connectivity index is 2.13. The number of aromatic nitrogens is 1. The molecule has 1 heterocycles. The number of aryl methyl sites for hydroxylation is 1. The number of nitrogens with zero attached hydrogens (tertiary/aromatic N) is 2. The molecule has 1 aromatic heterocycles. The monoisotopic (exact) mass is 487 g/mol. The summed E-state index contributed by atoms with van der Waals surface area (Å²) in [6.45, 7) is 6.77. The quantitative estimate of drug-likeness (QED) is 0.567. The number of rotatable bonds is 8. The number of pyridine rings is 1. The van der Waals surface area contributed by atoms with Crippen molar-refractivity contribution in [3.63, 3.8) is 0 Å². The third kappa shape index (κ3) is 5.74. The van der Waals surface area contributed by atoms with E-state index >= 15 is 0 Å². The second-order valence-corrected chi connectivity index (χ2v) is 9.28. The number of anilines is 1. The van der Waals surface area contributed by atoms with Crippen molar-refractivity contribution in [2.75, 3.05) is 25.0 Å². The second kappa shape index (κ2) is 10.4. The number of hydrogen-bond acceptors (Lipinski definition) is 6. The predicted molar refractivity (Wildman–Crippen MR) is 119 cm³/mol. The number of nitrogens with one attached hydrogen (secondary N) is 1. The molecule has 1 aromatic carbocycles. The van der Waals surface area contributed by atoms with Crippen LogP contribution in [0.3, 0.4) is 0 Å². The minimum atomic E-state index is -3.76. The van der Waals surface area contributed by atoms with Gasteiger partial charge in [0.25, 0.3) is 5.91 Å². The molecule has 168 valence electrons. The van der Waals surface area contributed by atoms with Crippen LogP contribution in [0.2, 0.25) is 10.0 Å². The summed E-state index contributed by atoms with van der Waals surface area (Å²) >= 11 is 12.0. The Morgan fingerprint density at radius 1 is 1.16 bits per heavy atom. The first-order valence-electron chi connectivity index (χ1n) is 9.41. The summed E-state index contributed by atoms with van der Waals surface area (Å²) in [5, 5.41) is 2.97. The summed E-state index contributed by atoms with van der Waals surface area (Å²) in [4.78, 5) is 28.5. The molecule has 0 fully saturated rings. The van der Waals surface area contributed by atoms with Crippen molar-refractivity contribution in [3.05, 3.63) is 51.1 Å². The van der Waals surface area contributed by atoms with Gasteiger partial charge in [-0.15, -0.1) is 0 Å². The SMILES string of the molecule is CCN(CC)S(=O)(=O)c1cc(C(=O)OCC(=O)Nc2ncc(Cl)c(C)c2Cl)ccc1C. The Morgan fingerprint density at radius 2 is 1.81 bits per heavy atom. The van der Waals surface area contributed by atoms with Crippen LogP contribution in [-0.4, -0.2) is 49.3 Å². The van der Waals surface area contributed by atoms with Crippen LogP contribution >= 0.6 is 23.2 Å². The Hall–Kier alpha value is -2.20. The van der Waals surface area contributed by atoms with Gasteiger partial charge in [0.15, 0.2) is 12.4 Å². The summed E-state index contributed by atoms with van der Waals surface area (Å²) < 4.78 is 32.0. The van der Waals surface area contributed by atoms with E-state index in [1.165, 1.54) is 28.7 Å². The van der Waals surface area contributed by atoms with Crippen LogP contribution in [0.15, 0.2) is 29.3 Å². The number of esters is 1. The smallest absolute Gasteiger partial charge is 0.338 e. The van der Waals surface area contributed by atoms with E-state index in [9.17, 15) is 18.0 Å². The minimum Gasteiger partial charge on any atom is -0.452 e. The third-order valence-electron chi connectivity index (χ3n) is 4.54. The molecule has 1 amide bonds. The van der Waals surface area contributed by atoms with Crippen LogP contribution in [0.1, 0.15) is 35.3 Å². The van der Waals surface area contributed by atoms with E-state index in [1.54, 1.807) is 27.7 Å². The molecule has 0 saturated heterocycles. The van der Waals surface area contributed by atoms with Gasteiger partial charge in [0.05, 0.1) is 20.5 Å². The Labute approximate surface area is 191 Å². The number of amides is 1. The van der Waals surface area contributed by atoms with Crippen molar-refractivity contribution < 1.29 is 22.7 Å². The first-order chi connectivity index (χ1) is 14.5. The Morgan fingerprint density at radius 3 is 2.42 bits per heavy atom. The maximum atomic E-state index is 12.8. The zero-order valence-corrected chi connectivity index (χ0v) is 19.9. The molecule has 0 aliphatic carbocycles. The van der Waals surface area contributed by atoms with Crippen LogP contribution in [-0.2, 0) is 19.6 Å². The van der Waals surface area contributed by atoms with Crippen LogP contribution < -0.4 is 5.32 Å². The number of hydrogen-bond donors (Lipinski definition) is 1. The van der Waals surface area contributed by atoms with E-state index in [1.807, 2.05) is 0 Å². The fourth-order valence-electron chi connectivity index (χ4n) is 2.73. The van der Waals surface area contributed by atoms with Crippen LogP contribution in [0, 0.1) is 13.8 Å². The normalized spacial score (nSPS) is 11.5. The van der Waals surface area contributed by atoms with Crippen molar-refractivity contribution in [2.24, 2.45) is 0 Å². The van der Waals surface area contributed by atoms with Gasteiger partial charge < -0.3 is 10.1 Å². The molecule has 0 radical (unpaired) electrons. The van der Waals surface area contributed by atoms with Gasteiger partial charge in [-0.25, -0.2) is 18.2 Å². The van der Waals surface area contributed by atoms with Crippen molar-refractivity contribution >= 4 is 50.9 Å². The van der Waals surface area contributed by atoms with Gasteiger partial charge in [0.2, 0.25) is 10.0 Å². The highest BCUT2D eigenvalue weighted by molar-refractivity contribution is 7.89. The molecule has 1 N–H and O–H groups in total. The summed E-state index contributed by atoms with van der Waals surface area (Å²) in [6.07, 6.45) is 1.34. The molecule has 0 spiro atoms. The van der Waals surface area contributed by atoms with Gasteiger partial charge in [-0.05, 0) is 37.1 Å². The van der Waals surface area contributed by atoms with Crippen molar-refractivity contribution in [1.82, 2.24) is 9.29 Å². The Bertz CT molecular complexity index is 1100. The number of carbonyl (C=O) groups is 2. The number of ether oxygens (including phenoxy) is 1. The van der Waals surface area contributed by atoms with Gasteiger partial charge in [-0.3, -0.25) is 4.79 Å². The second-order valence-electron chi connectivity index (χ2n) is 6.59. The maximum Gasteiger partial charge on any atom is 0.338 e. The van der Waals surface area contributed by atoms with E-state index < -0.39 is 28.5 Å². The highest BCUT2D eigenvalue weighted by Gasteiger charge is 2.25. The average Bonchev–Trinajstić information content (AvgIpc) is 2.73. The zero-order chi connectivity index (χ0) is 23.3. The molecule has 0 unspecified atom stereocenters. The lowest BCUT2D eigenvalue weighted by atomic mass is 10.1. The summed E-state index contributed by atoms with van der Waals surface area (Å²) in [6, 6.07) is 4.22. The summed E-state index contributed by atoms with van der Waals surface area (Å²) in [7, 11) is -3.76. The number of benzene rings is 1. The largest absolute Gasteiger partial charge is 0.452 e. The Kier molecular flexibility index (Phi) is 8.41. The molecular weight excluding hydrogens is 465 g/mol. The van der Waals surface area contributed by atoms with E-state index in [2.05, 4.69) is 10.3 Å². The predicted octanol–water partition coefficient (Wildman–Crippen LogP) is 3.83. The third-order valence-corrected chi connectivity index (χ3v) is 7.58. The van der Waals surface area contributed by atoms with Gasteiger partial charge in [-0.1, -0.05) is 43.1 Å². The lowest BCUT2D eigenvalue weighted by Crippen LogP contribution is -2.31. The topological polar surface area (TPSA) is 106 Å². The van der Waals surface area contributed by atoms with E-state index in [-0.39, 0.29) is 21.3 Å². The first kappa shape index (κ1) is 25.1. The summed E-state index contributed by atoms with van der Waals surface area (Å²) in [5.41, 5.74) is 1.06. The molecule has 0 atom stereocenters. The lowest BCUT2D eigenvalue weighted by Gasteiger charge is -2.20. The van der Waals surface area contributed by atoms with E-state index in [4.69, 9.17) is 27.9 Å². The molecule has 2 rings (SSSR count). The molecular formula is C20H23Cl2N3O5S. The van der Waals surface area contributed by atoms with Gasteiger partial charge in [0, 0.05) is 19.3 Å². The van der Waals surface area contributed by atoms with Crippen LogP contribution in [0.4, 0.5) is 5.82 Å². The van der Waals surface area contributed by atoms with E-state index in [0.717, 1.165) is 0 Å². The fraction of sp³-hybridized carbons (Fsp3) is 0.350. The van der Waals surface area contributed by atoms with Crippen molar-refractivity contribution in [2.45, 2.75) is 32.6 Å². The average molecular weight is 488 g/mol. The fourth-order valence-corrected chi connectivity index (χ4v) is 4.83. The number of sulfonamides is 1. The van der Waals surface area contributed by atoms with E-state index in [0.29, 0.717) is 29.2 Å². The number of halogens is 2. The molecule has 0 aliphatic rings. The van der Waals surface area contributed by atoms with Crippen molar-refractivity contribution in [3.8, 4) is 0 Å². The summed E-state index contributed by atoms with van der Waals surface area (Å²) in [5.74, 6) is -1.40. The zero-order valence-electron chi connectivity index (χ0n) is 17.5. The minimum absolute atomic E-state index is 0.0163. The van der Waals surface area contributed by atoms with Gasteiger partial charge in [0.1, 0.15) is 0 Å². The van der Waals surface area contributed by atoms with Crippen molar-refractivity contribution in [1.29, 1.82) is 0 Å². The molecule has 8 nitrogen and oxygen atoms in total. The lowest BCUT2D eigenvalue weighted by molar-refractivity contribution is -0.119. The van der Waals surface area contributed by atoms with Crippen LogP contribution in [0.25, 0.3) is 0 Å². The molecule has 31 heavy (non-hydrogen) atoms. The molecule has 0 saturated carbocycles. The molecule has 2 aromatic rings. The number of carbonyl (C=O) groups excluding carboxylic acids is 2. The molecule has 0 bridgehead atoms. The maximum absolute atomic E-state index is 12.8. The van der Waals surface area contributed by atoms with Gasteiger partial charge in [-0.2, -0.15) is 4.31 Å². The molecule has 0 aliphatic heterocycles. The highest BCUT2D eigenvalue weighted by atomic mass is 35.5. The highest BCUT2D eigenvalue weighted by Crippen LogP contribution is 2.28. The van der Waals surface area contributed by atoms with Gasteiger partial charge >= 0.3 is 5.97 Å².